The Bertz CT molecular complexity index is 592. The summed E-state index contributed by atoms with van der Waals surface area (Å²) in [5.74, 6) is 0.973. The van der Waals surface area contributed by atoms with E-state index in [1.807, 2.05) is 6.92 Å². The van der Waals surface area contributed by atoms with Gasteiger partial charge in [0.25, 0.3) is 5.91 Å². The molecule has 3 N–H and O–H groups in total. The van der Waals surface area contributed by atoms with E-state index in [1.165, 1.54) is 0 Å². The molecule has 1 amide bonds. The predicted molar refractivity (Wildman–Crippen MR) is 70.7 cm³/mol. The Labute approximate surface area is 111 Å². The highest BCUT2D eigenvalue weighted by molar-refractivity contribution is 5.94. The van der Waals surface area contributed by atoms with Gasteiger partial charge < -0.3 is 15.6 Å². The Kier molecular flexibility index (Phi) is 3.79. The highest BCUT2D eigenvalue weighted by Gasteiger charge is 2.08. The maximum atomic E-state index is 11.9. The molecule has 19 heavy (non-hydrogen) atoms. The van der Waals surface area contributed by atoms with E-state index < -0.39 is 0 Å². The van der Waals surface area contributed by atoms with E-state index >= 15 is 0 Å². The van der Waals surface area contributed by atoms with E-state index in [2.05, 4.69) is 15.5 Å². The molecule has 0 aliphatic carbocycles. The second-order valence-electron chi connectivity index (χ2n) is 4.31. The Hall–Kier alpha value is -2.37. The van der Waals surface area contributed by atoms with Crippen molar-refractivity contribution >= 4 is 11.6 Å². The van der Waals surface area contributed by atoms with Gasteiger partial charge in [-0.1, -0.05) is 5.16 Å². The highest BCUT2D eigenvalue weighted by atomic mass is 16.5. The van der Waals surface area contributed by atoms with Crippen LogP contribution in [0.3, 0.4) is 0 Å². The molecule has 2 rings (SSSR count). The second kappa shape index (κ2) is 5.51. The number of benzene rings is 1. The van der Waals surface area contributed by atoms with Gasteiger partial charge in [0.15, 0.2) is 5.82 Å². The minimum atomic E-state index is -0.140. The van der Waals surface area contributed by atoms with E-state index in [-0.39, 0.29) is 5.91 Å². The second-order valence-corrected chi connectivity index (χ2v) is 4.31. The van der Waals surface area contributed by atoms with Gasteiger partial charge in [-0.05, 0) is 37.6 Å². The van der Waals surface area contributed by atoms with Crippen molar-refractivity contribution < 1.29 is 9.32 Å². The third-order valence-corrected chi connectivity index (χ3v) is 2.73. The van der Waals surface area contributed by atoms with Crippen molar-refractivity contribution in [3.8, 4) is 0 Å². The van der Waals surface area contributed by atoms with Crippen molar-refractivity contribution in [3.05, 3.63) is 41.0 Å². The predicted octanol–water partition coefficient (Wildman–Crippen LogP) is 1.24. The van der Waals surface area contributed by atoms with Crippen LogP contribution in [0.4, 0.5) is 5.69 Å². The Morgan fingerprint density at radius 1 is 1.42 bits per heavy atom. The summed E-state index contributed by atoms with van der Waals surface area (Å²) in [5, 5.41) is 6.48. The van der Waals surface area contributed by atoms with Crippen molar-refractivity contribution in [2.45, 2.75) is 20.3 Å². The van der Waals surface area contributed by atoms with E-state index in [0.29, 0.717) is 35.9 Å². The van der Waals surface area contributed by atoms with Gasteiger partial charge in [0.05, 0.1) is 0 Å². The van der Waals surface area contributed by atoms with Crippen LogP contribution in [-0.2, 0) is 6.42 Å². The summed E-state index contributed by atoms with van der Waals surface area (Å²) >= 11 is 0. The summed E-state index contributed by atoms with van der Waals surface area (Å²) in [4.78, 5) is 15.9. The monoisotopic (exact) mass is 260 g/mol. The standard InChI is InChI=1S/C13H16N4O2/c1-8-7-10(3-4-11(8)14)13(18)15-6-5-12-16-9(2)17-19-12/h3-4,7H,5-6,14H2,1-2H3,(H,15,18). The number of nitrogen functional groups attached to an aromatic ring is 1. The number of anilines is 1. The molecule has 0 saturated carbocycles. The molecule has 6 nitrogen and oxygen atoms in total. The Morgan fingerprint density at radius 3 is 2.84 bits per heavy atom. The average Bonchev–Trinajstić information content (AvgIpc) is 2.78. The molecule has 2 aromatic rings. The molecule has 0 unspecified atom stereocenters. The summed E-state index contributed by atoms with van der Waals surface area (Å²) < 4.78 is 4.96. The lowest BCUT2D eigenvalue weighted by Crippen LogP contribution is -2.25. The van der Waals surface area contributed by atoms with Gasteiger partial charge in [0, 0.05) is 24.2 Å². The van der Waals surface area contributed by atoms with E-state index in [9.17, 15) is 4.79 Å². The van der Waals surface area contributed by atoms with Crippen LogP contribution in [0, 0.1) is 13.8 Å². The van der Waals surface area contributed by atoms with Crippen molar-refractivity contribution in [2.24, 2.45) is 0 Å². The smallest absolute Gasteiger partial charge is 0.251 e. The molecule has 0 bridgehead atoms. The summed E-state index contributed by atoms with van der Waals surface area (Å²) in [7, 11) is 0. The fourth-order valence-electron chi connectivity index (χ4n) is 1.64. The lowest BCUT2D eigenvalue weighted by Gasteiger charge is -2.06. The molecule has 0 spiro atoms. The number of nitrogens with zero attached hydrogens (tertiary/aromatic N) is 2. The molecule has 0 fully saturated rings. The molecule has 1 aromatic heterocycles. The van der Waals surface area contributed by atoms with Crippen LogP contribution in [0.5, 0.6) is 0 Å². The molecule has 0 radical (unpaired) electrons. The molecule has 0 aliphatic rings. The molecular weight excluding hydrogens is 244 g/mol. The summed E-state index contributed by atoms with van der Waals surface area (Å²) in [6.45, 7) is 4.07. The number of carbonyl (C=O) groups is 1. The molecule has 0 saturated heterocycles. The number of nitrogens with one attached hydrogen (secondary N) is 1. The van der Waals surface area contributed by atoms with Gasteiger partial charge in [-0.3, -0.25) is 4.79 Å². The largest absolute Gasteiger partial charge is 0.399 e. The SMILES string of the molecule is Cc1noc(CCNC(=O)c2ccc(N)c(C)c2)n1. The first kappa shape index (κ1) is 13.1. The van der Waals surface area contributed by atoms with Gasteiger partial charge in [-0.25, -0.2) is 0 Å². The van der Waals surface area contributed by atoms with Crippen molar-refractivity contribution in [1.29, 1.82) is 0 Å². The fraction of sp³-hybridized carbons (Fsp3) is 0.308. The maximum Gasteiger partial charge on any atom is 0.251 e. The molecule has 1 heterocycles. The van der Waals surface area contributed by atoms with Crippen LogP contribution in [0.2, 0.25) is 0 Å². The first-order valence-electron chi connectivity index (χ1n) is 6.00. The highest BCUT2D eigenvalue weighted by Crippen LogP contribution is 2.12. The summed E-state index contributed by atoms with van der Waals surface area (Å²) in [6.07, 6.45) is 0.514. The number of aromatic nitrogens is 2. The normalized spacial score (nSPS) is 10.4. The first-order chi connectivity index (χ1) is 9.06. The zero-order valence-electron chi connectivity index (χ0n) is 10.9. The molecule has 6 heteroatoms. The number of carbonyl (C=O) groups excluding carboxylic acids is 1. The lowest BCUT2D eigenvalue weighted by atomic mass is 10.1. The van der Waals surface area contributed by atoms with E-state index in [1.54, 1.807) is 25.1 Å². The van der Waals surface area contributed by atoms with Gasteiger partial charge in [-0.15, -0.1) is 0 Å². The minimum Gasteiger partial charge on any atom is -0.399 e. The maximum absolute atomic E-state index is 11.9. The molecule has 0 atom stereocenters. The quantitative estimate of drug-likeness (QED) is 0.807. The summed E-state index contributed by atoms with van der Waals surface area (Å²) in [5.41, 5.74) is 7.87. The van der Waals surface area contributed by atoms with E-state index in [4.69, 9.17) is 10.3 Å². The van der Waals surface area contributed by atoms with Crippen LogP contribution in [0.15, 0.2) is 22.7 Å². The first-order valence-corrected chi connectivity index (χ1v) is 6.00. The molecule has 1 aromatic carbocycles. The van der Waals surface area contributed by atoms with Crippen LogP contribution >= 0.6 is 0 Å². The number of amides is 1. The van der Waals surface area contributed by atoms with Crippen molar-refractivity contribution in [2.75, 3.05) is 12.3 Å². The van der Waals surface area contributed by atoms with Crippen molar-refractivity contribution in [1.82, 2.24) is 15.5 Å². The minimum absolute atomic E-state index is 0.140. The third kappa shape index (κ3) is 3.31. The number of hydrogen-bond acceptors (Lipinski definition) is 5. The number of rotatable bonds is 4. The van der Waals surface area contributed by atoms with Crippen LogP contribution < -0.4 is 11.1 Å². The third-order valence-electron chi connectivity index (χ3n) is 2.73. The number of nitrogens with two attached hydrogens (primary N) is 1. The fourth-order valence-corrected chi connectivity index (χ4v) is 1.64. The van der Waals surface area contributed by atoms with Crippen LogP contribution in [0.25, 0.3) is 0 Å². The Balaban J connectivity index is 1.89. The van der Waals surface area contributed by atoms with Gasteiger partial charge >= 0.3 is 0 Å². The molecule has 0 aliphatic heterocycles. The van der Waals surface area contributed by atoms with Crippen LogP contribution in [-0.4, -0.2) is 22.6 Å². The zero-order valence-corrected chi connectivity index (χ0v) is 10.9. The van der Waals surface area contributed by atoms with Gasteiger partial charge in [0.1, 0.15) is 0 Å². The van der Waals surface area contributed by atoms with Crippen LogP contribution in [0.1, 0.15) is 27.6 Å². The van der Waals surface area contributed by atoms with Gasteiger partial charge in [-0.2, -0.15) is 4.98 Å². The van der Waals surface area contributed by atoms with E-state index in [0.717, 1.165) is 5.56 Å². The number of hydrogen-bond donors (Lipinski definition) is 2. The summed E-state index contributed by atoms with van der Waals surface area (Å²) in [6, 6.07) is 5.20. The number of aryl methyl sites for hydroxylation is 2. The van der Waals surface area contributed by atoms with Gasteiger partial charge in [0.2, 0.25) is 5.89 Å². The Morgan fingerprint density at radius 2 is 2.21 bits per heavy atom. The molecular formula is C13H16N4O2. The topological polar surface area (TPSA) is 94.0 Å². The van der Waals surface area contributed by atoms with Crippen molar-refractivity contribution in [3.63, 3.8) is 0 Å². The zero-order chi connectivity index (χ0) is 13.8. The molecule has 100 valence electrons. The lowest BCUT2D eigenvalue weighted by molar-refractivity contribution is 0.0953. The average molecular weight is 260 g/mol.